The van der Waals surface area contributed by atoms with Crippen LogP contribution in [0.5, 0.6) is 5.75 Å². The van der Waals surface area contributed by atoms with Crippen molar-refractivity contribution in [1.29, 1.82) is 0 Å². The Balaban J connectivity index is 1.45. The van der Waals surface area contributed by atoms with E-state index in [-0.39, 0.29) is 6.04 Å². The smallest absolute Gasteiger partial charge is 0.223 e. The Morgan fingerprint density at radius 3 is 2.43 bits per heavy atom. The Hall–Kier alpha value is -2.33. The van der Waals surface area contributed by atoms with Gasteiger partial charge in [0.15, 0.2) is 0 Å². The average Bonchev–Trinajstić information content (AvgIpc) is 3.58. The number of hydrogen-bond acceptors (Lipinski definition) is 3. The quantitative estimate of drug-likeness (QED) is 0.759. The van der Waals surface area contributed by atoms with Gasteiger partial charge in [-0.1, -0.05) is 42.5 Å². The van der Waals surface area contributed by atoms with Gasteiger partial charge >= 0.3 is 0 Å². The number of rotatable bonds is 6. The Kier molecular flexibility index (Phi) is 5.67. The second-order valence-electron chi connectivity index (χ2n) is 8.17. The van der Waals surface area contributed by atoms with Crippen molar-refractivity contribution in [3.8, 4) is 5.75 Å². The molecule has 4 rings (SSSR count). The van der Waals surface area contributed by atoms with Crippen molar-refractivity contribution in [2.75, 3.05) is 33.8 Å². The Bertz CT molecular complexity index is 786. The molecule has 1 aliphatic carbocycles. The molecule has 4 heteroatoms. The van der Waals surface area contributed by atoms with Gasteiger partial charge in [-0.05, 0) is 55.0 Å². The minimum atomic E-state index is 0.277. The molecule has 0 N–H and O–H groups in total. The highest BCUT2D eigenvalue weighted by molar-refractivity contribution is 5.77. The first-order chi connectivity index (χ1) is 13.7. The molecule has 2 atom stereocenters. The van der Waals surface area contributed by atoms with Crippen molar-refractivity contribution in [2.45, 2.75) is 31.2 Å². The number of carbonyl (C=O) groups is 1. The van der Waals surface area contributed by atoms with Crippen molar-refractivity contribution in [3.05, 3.63) is 65.7 Å². The lowest BCUT2D eigenvalue weighted by Gasteiger charge is -2.40. The zero-order valence-corrected chi connectivity index (χ0v) is 16.9. The third kappa shape index (κ3) is 4.22. The molecule has 28 heavy (non-hydrogen) atoms. The highest BCUT2D eigenvalue weighted by Gasteiger charge is 2.36. The number of nitrogens with zero attached hydrogens (tertiary/aromatic N) is 2. The summed E-state index contributed by atoms with van der Waals surface area (Å²) < 4.78 is 5.29. The average molecular weight is 379 g/mol. The van der Waals surface area contributed by atoms with Crippen LogP contribution in [-0.2, 0) is 4.79 Å². The van der Waals surface area contributed by atoms with Gasteiger partial charge in [-0.3, -0.25) is 9.69 Å². The fraction of sp³-hybridized carbons (Fsp3) is 0.458. The maximum absolute atomic E-state index is 13.2. The van der Waals surface area contributed by atoms with Crippen molar-refractivity contribution in [1.82, 2.24) is 9.80 Å². The van der Waals surface area contributed by atoms with Gasteiger partial charge in [-0.2, -0.15) is 0 Å². The minimum absolute atomic E-state index is 0.277. The van der Waals surface area contributed by atoms with Gasteiger partial charge < -0.3 is 9.64 Å². The summed E-state index contributed by atoms with van der Waals surface area (Å²) in [5.41, 5.74) is 2.56. The lowest BCUT2D eigenvalue weighted by Crippen LogP contribution is -2.49. The molecule has 2 fully saturated rings. The van der Waals surface area contributed by atoms with Crippen LogP contribution in [0.1, 0.15) is 42.3 Å². The molecule has 2 aromatic carbocycles. The second kappa shape index (κ2) is 8.36. The first-order valence-electron chi connectivity index (χ1n) is 10.3. The van der Waals surface area contributed by atoms with Crippen molar-refractivity contribution < 1.29 is 9.53 Å². The molecule has 0 spiro atoms. The summed E-state index contributed by atoms with van der Waals surface area (Å²) >= 11 is 0. The fourth-order valence-electron chi connectivity index (χ4n) is 4.36. The van der Waals surface area contributed by atoms with Crippen LogP contribution in [0.25, 0.3) is 0 Å². The zero-order chi connectivity index (χ0) is 19.5. The Morgan fingerprint density at radius 2 is 1.79 bits per heavy atom. The van der Waals surface area contributed by atoms with Crippen LogP contribution in [-0.4, -0.2) is 49.5 Å². The normalized spacial score (nSPS) is 21.4. The zero-order valence-electron chi connectivity index (χ0n) is 16.9. The summed E-state index contributed by atoms with van der Waals surface area (Å²) in [6.07, 6.45) is 3.08. The molecule has 0 radical (unpaired) electrons. The summed E-state index contributed by atoms with van der Waals surface area (Å²) in [6, 6.07) is 19.1. The monoisotopic (exact) mass is 378 g/mol. The highest BCUT2D eigenvalue weighted by Crippen LogP contribution is 2.45. The van der Waals surface area contributed by atoms with E-state index >= 15 is 0 Å². The number of likely N-dealkylation sites (N-methyl/N-ethyl adjacent to an activating group) is 1. The number of hydrogen-bond donors (Lipinski definition) is 0. The van der Waals surface area contributed by atoms with E-state index in [4.69, 9.17) is 4.74 Å². The number of ether oxygens (including phenoxy) is 1. The molecule has 4 nitrogen and oxygen atoms in total. The molecule has 2 aliphatic rings. The van der Waals surface area contributed by atoms with E-state index in [2.05, 4.69) is 53.2 Å². The van der Waals surface area contributed by atoms with Crippen LogP contribution in [0.2, 0.25) is 0 Å². The molecule has 1 saturated carbocycles. The molecule has 1 heterocycles. The standard InChI is InChI=1S/C24H30N2O2/c1-25-14-15-26(17-23(25)20-6-4-3-5-7-20)24(27)16-22(18-8-9-18)19-10-12-21(28-2)13-11-19/h3-7,10-13,18,22-23H,8-9,14-17H2,1-2H3. The van der Waals surface area contributed by atoms with Gasteiger partial charge in [0.2, 0.25) is 5.91 Å². The lowest BCUT2D eigenvalue weighted by molar-refractivity contribution is -0.134. The van der Waals surface area contributed by atoms with Crippen LogP contribution in [0.4, 0.5) is 0 Å². The summed E-state index contributed by atoms with van der Waals surface area (Å²) in [7, 11) is 3.84. The molecular weight excluding hydrogens is 348 g/mol. The Labute approximate surface area is 168 Å². The van der Waals surface area contributed by atoms with E-state index in [0.29, 0.717) is 24.2 Å². The summed E-state index contributed by atoms with van der Waals surface area (Å²) in [5, 5.41) is 0. The van der Waals surface area contributed by atoms with Gasteiger partial charge in [0.05, 0.1) is 13.2 Å². The van der Waals surface area contributed by atoms with Gasteiger partial charge in [0, 0.05) is 26.1 Å². The SMILES string of the molecule is COc1ccc(C(CC(=O)N2CCN(C)C(c3ccccc3)C2)C2CC2)cc1. The molecule has 1 amide bonds. The predicted octanol–water partition coefficient (Wildman–Crippen LogP) is 4.09. The molecule has 0 aromatic heterocycles. The third-order valence-corrected chi connectivity index (χ3v) is 6.31. The van der Waals surface area contributed by atoms with E-state index in [1.807, 2.05) is 18.2 Å². The van der Waals surface area contributed by atoms with Crippen LogP contribution >= 0.6 is 0 Å². The largest absolute Gasteiger partial charge is 0.497 e. The van der Waals surface area contributed by atoms with Gasteiger partial charge in [0.1, 0.15) is 5.75 Å². The van der Waals surface area contributed by atoms with Crippen LogP contribution in [0, 0.1) is 5.92 Å². The number of carbonyl (C=O) groups excluding carboxylic acids is 1. The molecule has 0 bridgehead atoms. The first-order valence-corrected chi connectivity index (χ1v) is 10.3. The fourth-order valence-corrected chi connectivity index (χ4v) is 4.36. The van der Waals surface area contributed by atoms with E-state index in [1.165, 1.54) is 24.0 Å². The predicted molar refractivity (Wildman–Crippen MR) is 111 cm³/mol. The van der Waals surface area contributed by atoms with E-state index in [9.17, 15) is 4.79 Å². The highest BCUT2D eigenvalue weighted by atomic mass is 16.5. The molecule has 2 unspecified atom stereocenters. The second-order valence-corrected chi connectivity index (χ2v) is 8.17. The number of benzene rings is 2. The maximum Gasteiger partial charge on any atom is 0.223 e. The minimum Gasteiger partial charge on any atom is -0.497 e. The third-order valence-electron chi connectivity index (χ3n) is 6.31. The molecule has 2 aromatic rings. The number of methoxy groups -OCH3 is 1. The summed E-state index contributed by atoms with van der Waals surface area (Å²) in [4.78, 5) is 17.6. The van der Waals surface area contributed by atoms with Crippen LogP contribution in [0.3, 0.4) is 0 Å². The molecular formula is C24H30N2O2. The Morgan fingerprint density at radius 1 is 1.07 bits per heavy atom. The van der Waals surface area contributed by atoms with Crippen LogP contribution in [0.15, 0.2) is 54.6 Å². The first kappa shape index (κ1) is 19.0. The summed E-state index contributed by atoms with van der Waals surface area (Å²) in [6.45, 7) is 2.51. The van der Waals surface area contributed by atoms with E-state index in [1.54, 1.807) is 7.11 Å². The van der Waals surface area contributed by atoms with Gasteiger partial charge in [-0.25, -0.2) is 0 Å². The van der Waals surface area contributed by atoms with Gasteiger partial charge in [0.25, 0.3) is 0 Å². The van der Waals surface area contributed by atoms with Crippen molar-refractivity contribution in [3.63, 3.8) is 0 Å². The lowest BCUT2D eigenvalue weighted by atomic mass is 9.90. The number of piperazine rings is 1. The van der Waals surface area contributed by atoms with Crippen molar-refractivity contribution in [2.24, 2.45) is 5.92 Å². The summed E-state index contributed by atoms with van der Waals surface area (Å²) in [5.74, 6) is 2.14. The van der Waals surface area contributed by atoms with E-state index in [0.717, 1.165) is 25.4 Å². The molecule has 148 valence electrons. The molecule has 1 saturated heterocycles. The van der Waals surface area contributed by atoms with Crippen LogP contribution < -0.4 is 4.74 Å². The van der Waals surface area contributed by atoms with E-state index < -0.39 is 0 Å². The maximum atomic E-state index is 13.2. The topological polar surface area (TPSA) is 32.8 Å². The van der Waals surface area contributed by atoms with Crippen molar-refractivity contribution >= 4 is 5.91 Å². The van der Waals surface area contributed by atoms with Gasteiger partial charge in [-0.15, -0.1) is 0 Å². The number of amides is 1. The molecule has 1 aliphatic heterocycles.